The molecular formula is C16H22ClN3O2. The van der Waals surface area contributed by atoms with Crippen LogP contribution in [0, 0.1) is 0 Å². The summed E-state index contributed by atoms with van der Waals surface area (Å²) in [6.07, 6.45) is 1.80. The van der Waals surface area contributed by atoms with Gasteiger partial charge in [0.25, 0.3) is 0 Å². The molecule has 0 spiro atoms. The number of hydrogen-bond acceptors (Lipinski definition) is 5. The van der Waals surface area contributed by atoms with Gasteiger partial charge in [-0.3, -0.25) is 4.90 Å². The Morgan fingerprint density at radius 1 is 1.36 bits per heavy atom. The summed E-state index contributed by atoms with van der Waals surface area (Å²) in [6.45, 7) is 6.06. The number of ether oxygens (including phenoxy) is 1. The van der Waals surface area contributed by atoms with Crippen molar-refractivity contribution in [2.45, 2.75) is 19.5 Å². The second-order valence-corrected chi connectivity index (χ2v) is 5.37. The number of nitrogens with one attached hydrogen (secondary N) is 1. The van der Waals surface area contributed by atoms with Crippen molar-refractivity contribution < 1.29 is 9.15 Å². The summed E-state index contributed by atoms with van der Waals surface area (Å²) in [5.41, 5.74) is 1.02. The number of piperazine rings is 1. The van der Waals surface area contributed by atoms with E-state index in [-0.39, 0.29) is 12.4 Å². The Kier molecular flexibility index (Phi) is 5.83. The first-order chi connectivity index (χ1) is 10.3. The number of rotatable bonds is 4. The average Bonchev–Trinajstić information content (AvgIpc) is 2.98. The van der Waals surface area contributed by atoms with Crippen LogP contribution in [-0.2, 0) is 6.54 Å². The van der Waals surface area contributed by atoms with Crippen LogP contribution in [0.5, 0.6) is 5.75 Å². The highest BCUT2D eigenvalue weighted by Crippen LogP contribution is 2.23. The first-order valence-corrected chi connectivity index (χ1v) is 7.30. The van der Waals surface area contributed by atoms with Gasteiger partial charge in [0.1, 0.15) is 5.75 Å². The number of aromatic nitrogens is 1. The van der Waals surface area contributed by atoms with E-state index in [4.69, 9.17) is 9.15 Å². The van der Waals surface area contributed by atoms with Crippen molar-refractivity contribution in [2.24, 2.45) is 0 Å². The molecule has 0 radical (unpaired) electrons. The quantitative estimate of drug-likeness (QED) is 0.937. The lowest BCUT2D eigenvalue weighted by Gasteiger charge is -2.32. The predicted molar refractivity (Wildman–Crippen MR) is 88.5 cm³/mol. The number of methoxy groups -OCH3 is 1. The molecule has 1 fully saturated rings. The van der Waals surface area contributed by atoms with Crippen molar-refractivity contribution in [3.8, 4) is 17.1 Å². The van der Waals surface area contributed by atoms with E-state index in [2.05, 4.69) is 22.1 Å². The van der Waals surface area contributed by atoms with Gasteiger partial charge in [-0.05, 0) is 31.2 Å². The molecule has 0 amide bonds. The zero-order chi connectivity index (χ0) is 14.7. The van der Waals surface area contributed by atoms with Crippen molar-refractivity contribution in [1.82, 2.24) is 15.2 Å². The van der Waals surface area contributed by atoms with E-state index < -0.39 is 0 Å². The predicted octanol–water partition coefficient (Wildman–Crippen LogP) is 2.57. The van der Waals surface area contributed by atoms with Crippen LogP contribution in [0.15, 0.2) is 34.9 Å². The molecule has 1 atom stereocenters. The summed E-state index contributed by atoms with van der Waals surface area (Å²) in [4.78, 5) is 6.79. The second kappa shape index (κ2) is 7.63. The fourth-order valence-corrected chi connectivity index (χ4v) is 2.56. The van der Waals surface area contributed by atoms with Crippen LogP contribution in [0.4, 0.5) is 0 Å². The van der Waals surface area contributed by atoms with E-state index >= 15 is 0 Å². The van der Waals surface area contributed by atoms with Gasteiger partial charge in [0, 0.05) is 31.2 Å². The smallest absolute Gasteiger partial charge is 0.209 e. The van der Waals surface area contributed by atoms with E-state index in [1.165, 1.54) is 0 Å². The molecule has 6 heteroatoms. The highest BCUT2D eigenvalue weighted by molar-refractivity contribution is 5.85. The minimum absolute atomic E-state index is 0. The van der Waals surface area contributed by atoms with Crippen LogP contribution >= 0.6 is 12.4 Å². The lowest BCUT2D eigenvalue weighted by Crippen LogP contribution is -2.49. The maximum atomic E-state index is 5.88. The number of benzene rings is 1. The van der Waals surface area contributed by atoms with Gasteiger partial charge < -0.3 is 14.5 Å². The van der Waals surface area contributed by atoms with Crippen molar-refractivity contribution in [3.63, 3.8) is 0 Å². The summed E-state index contributed by atoms with van der Waals surface area (Å²) >= 11 is 0. The normalized spacial score (nSPS) is 18.7. The minimum Gasteiger partial charge on any atom is -0.497 e. The zero-order valence-electron chi connectivity index (χ0n) is 12.9. The van der Waals surface area contributed by atoms with E-state index in [1.54, 1.807) is 13.3 Å². The lowest BCUT2D eigenvalue weighted by molar-refractivity contribution is 0.151. The summed E-state index contributed by atoms with van der Waals surface area (Å²) in [7, 11) is 1.66. The highest BCUT2D eigenvalue weighted by atomic mass is 35.5. The van der Waals surface area contributed by atoms with Crippen molar-refractivity contribution >= 4 is 12.4 Å². The summed E-state index contributed by atoms with van der Waals surface area (Å²) in [6, 6.07) is 8.33. The first-order valence-electron chi connectivity index (χ1n) is 7.30. The number of oxazole rings is 1. The van der Waals surface area contributed by atoms with Crippen LogP contribution in [0.3, 0.4) is 0 Å². The molecule has 0 unspecified atom stereocenters. The minimum atomic E-state index is 0. The lowest BCUT2D eigenvalue weighted by atomic mass is 10.2. The van der Waals surface area contributed by atoms with Crippen molar-refractivity contribution in [1.29, 1.82) is 0 Å². The van der Waals surface area contributed by atoms with Gasteiger partial charge in [-0.2, -0.15) is 0 Å². The number of halogens is 1. The topological polar surface area (TPSA) is 50.5 Å². The van der Waals surface area contributed by atoms with E-state index in [0.717, 1.165) is 49.1 Å². The molecule has 1 aliphatic heterocycles. The second-order valence-electron chi connectivity index (χ2n) is 5.37. The molecule has 2 heterocycles. The summed E-state index contributed by atoms with van der Waals surface area (Å²) < 4.78 is 11.0. The van der Waals surface area contributed by atoms with Gasteiger partial charge in [-0.1, -0.05) is 0 Å². The molecule has 1 aliphatic rings. The van der Waals surface area contributed by atoms with Crippen LogP contribution in [-0.4, -0.2) is 42.7 Å². The van der Waals surface area contributed by atoms with Crippen LogP contribution < -0.4 is 10.1 Å². The Labute approximate surface area is 137 Å². The number of hydrogen-bond donors (Lipinski definition) is 1. The Morgan fingerprint density at radius 2 is 2.14 bits per heavy atom. The fraction of sp³-hybridized carbons (Fsp3) is 0.438. The molecule has 120 valence electrons. The molecule has 2 aromatic rings. The largest absolute Gasteiger partial charge is 0.497 e. The first kappa shape index (κ1) is 16.8. The van der Waals surface area contributed by atoms with Crippen LogP contribution in [0.1, 0.15) is 12.8 Å². The fourth-order valence-electron chi connectivity index (χ4n) is 2.56. The number of nitrogens with zero attached hydrogens (tertiary/aromatic N) is 2. The molecule has 1 N–H and O–H groups in total. The van der Waals surface area contributed by atoms with Gasteiger partial charge >= 0.3 is 0 Å². The Balaban J connectivity index is 0.00000176. The molecule has 0 saturated carbocycles. The average molecular weight is 324 g/mol. The van der Waals surface area contributed by atoms with Crippen molar-refractivity contribution in [3.05, 3.63) is 36.4 Å². The molecular weight excluding hydrogens is 302 g/mol. The Hall–Kier alpha value is -1.56. The standard InChI is InChI=1S/C16H21N3O2.ClH/c1-12-9-17-7-8-19(12)11-16-18-10-15(21-16)13-3-5-14(20-2)6-4-13;/h3-6,10,12,17H,7-9,11H2,1-2H3;1H/t12-;/m0./s1. The van der Waals surface area contributed by atoms with Gasteiger partial charge in [-0.25, -0.2) is 4.98 Å². The molecule has 1 saturated heterocycles. The Morgan fingerprint density at radius 3 is 2.82 bits per heavy atom. The van der Waals surface area contributed by atoms with Crippen LogP contribution in [0.2, 0.25) is 0 Å². The van der Waals surface area contributed by atoms with E-state index in [0.29, 0.717) is 6.04 Å². The molecule has 22 heavy (non-hydrogen) atoms. The summed E-state index contributed by atoms with van der Waals surface area (Å²) in [5, 5.41) is 3.39. The highest BCUT2D eigenvalue weighted by Gasteiger charge is 2.20. The summed E-state index contributed by atoms with van der Waals surface area (Å²) in [5.74, 6) is 2.41. The maximum Gasteiger partial charge on any atom is 0.209 e. The zero-order valence-corrected chi connectivity index (χ0v) is 13.7. The van der Waals surface area contributed by atoms with Gasteiger partial charge in [0.05, 0.1) is 19.9 Å². The Bertz CT molecular complexity index is 585. The van der Waals surface area contributed by atoms with Gasteiger partial charge in [-0.15, -0.1) is 12.4 Å². The third kappa shape index (κ3) is 3.80. The van der Waals surface area contributed by atoms with Gasteiger partial charge in [0.15, 0.2) is 5.76 Å². The van der Waals surface area contributed by atoms with Gasteiger partial charge in [0.2, 0.25) is 5.89 Å². The van der Waals surface area contributed by atoms with Crippen LogP contribution in [0.25, 0.3) is 11.3 Å². The third-order valence-corrected chi connectivity index (χ3v) is 3.91. The molecule has 0 aliphatic carbocycles. The molecule has 1 aromatic heterocycles. The van der Waals surface area contributed by atoms with Crippen molar-refractivity contribution in [2.75, 3.05) is 26.7 Å². The molecule has 5 nitrogen and oxygen atoms in total. The third-order valence-electron chi connectivity index (χ3n) is 3.91. The monoisotopic (exact) mass is 323 g/mol. The SMILES string of the molecule is COc1ccc(-c2cnc(CN3CCNC[C@@H]3C)o2)cc1.Cl. The van der Waals surface area contributed by atoms with E-state index in [1.807, 2.05) is 24.3 Å². The molecule has 1 aromatic carbocycles. The van der Waals surface area contributed by atoms with E-state index in [9.17, 15) is 0 Å². The molecule has 3 rings (SSSR count). The molecule has 0 bridgehead atoms. The maximum absolute atomic E-state index is 5.88.